The predicted molar refractivity (Wildman–Crippen MR) is 60.9 cm³/mol. The molecule has 10 heteroatoms. The number of rotatable bonds is 5. The molecule has 0 fully saturated rings. The summed E-state index contributed by atoms with van der Waals surface area (Å²) in [7, 11) is -4.56. The van der Waals surface area contributed by atoms with Crippen molar-refractivity contribution in [3.63, 3.8) is 0 Å². The molecule has 0 heterocycles. The third-order valence-corrected chi connectivity index (χ3v) is 4.49. The van der Waals surface area contributed by atoms with E-state index >= 15 is 0 Å². The molecule has 1 atom stereocenters. The molecule has 0 saturated heterocycles. The molecule has 0 spiro atoms. The van der Waals surface area contributed by atoms with Crippen LogP contribution in [0.3, 0.4) is 0 Å². The van der Waals surface area contributed by atoms with E-state index in [4.69, 9.17) is 4.89 Å². The third-order valence-electron chi connectivity index (χ3n) is 1.47. The first-order valence-electron chi connectivity index (χ1n) is 4.23. The molecule has 0 amide bonds. The van der Waals surface area contributed by atoms with E-state index in [9.17, 15) is 19.2 Å². The molecular formula is C7H10O7P2S. The quantitative estimate of drug-likeness (QED) is 0.310. The topological polar surface area (TPSA) is 119 Å². The van der Waals surface area contributed by atoms with Gasteiger partial charge in [-0.05, 0) is 0 Å². The van der Waals surface area contributed by atoms with Crippen molar-refractivity contribution in [1.29, 1.82) is 0 Å². The van der Waals surface area contributed by atoms with E-state index in [2.05, 4.69) is 9.35 Å². The highest BCUT2D eigenvalue weighted by atomic mass is 32.5. The highest BCUT2D eigenvalue weighted by Gasteiger charge is 2.29. The summed E-state index contributed by atoms with van der Waals surface area (Å²) < 4.78 is 17.5. The molecule has 1 aromatic carbocycles. The number of phosphoric acid groups is 1. The monoisotopic (exact) mass is 300 g/mol. The average molecular weight is 300 g/mol. The first-order chi connectivity index (χ1) is 7.79. The van der Waals surface area contributed by atoms with Gasteiger partial charge in [0.1, 0.15) is 0 Å². The zero-order chi connectivity index (χ0) is 12.9. The Bertz CT molecular complexity index is 451. The second-order valence-electron chi connectivity index (χ2n) is 2.87. The Hall–Kier alpha value is -0.140. The van der Waals surface area contributed by atoms with Crippen molar-refractivity contribution in [3.8, 4) is 0 Å². The Kier molecular flexibility index (Phi) is 5.40. The Labute approximate surface area is 101 Å². The van der Waals surface area contributed by atoms with Gasteiger partial charge in [0, 0.05) is 5.56 Å². The molecule has 7 nitrogen and oxygen atoms in total. The van der Waals surface area contributed by atoms with Crippen LogP contribution >= 0.6 is 14.5 Å². The number of benzene rings is 1. The Morgan fingerprint density at radius 2 is 1.76 bits per heavy atom. The molecular weight excluding hydrogens is 290 g/mol. The Balaban J connectivity index is 2.61. The van der Waals surface area contributed by atoms with Gasteiger partial charge >= 0.3 is 6.72 Å². The van der Waals surface area contributed by atoms with Crippen molar-refractivity contribution >= 4 is 25.5 Å². The fourth-order valence-corrected chi connectivity index (χ4v) is 3.40. The van der Waals surface area contributed by atoms with Crippen molar-refractivity contribution < 1.29 is 33.5 Å². The van der Waals surface area contributed by atoms with Crippen LogP contribution in [0.1, 0.15) is 5.56 Å². The molecule has 96 valence electrons. The van der Waals surface area contributed by atoms with Crippen LogP contribution in [-0.4, -0.2) is 14.7 Å². The van der Waals surface area contributed by atoms with Gasteiger partial charge in [0.05, 0.1) is 0 Å². The zero-order valence-electron chi connectivity index (χ0n) is 8.37. The molecule has 0 aliphatic carbocycles. The van der Waals surface area contributed by atoms with E-state index in [0.717, 1.165) is 5.56 Å². The van der Waals surface area contributed by atoms with Crippen LogP contribution in [0.2, 0.25) is 0 Å². The molecule has 0 aromatic heterocycles. The van der Waals surface area contributed by atoms with Gasteiger partial charge in [-0.2, -0.15) is 4.67 Å². The summed E-state index contributed by atoms with van der Waals surface area (Å²) >= 11 is 0. The summed E-state index contributed by atoms with van der Waals surface area (Å²) in [5.41, 5.74) is 0.794. The van der Waals surface area contributed by atoms with E-state index < -0.39 is 14.5 Å². The average Bonchev–Trinajstić information content (AvgIpc) is 2.25. The molecule has 0 aliphatic heterocycles. The summed E-state index contributed by atoms with van der Waals surface area (Å²) in [6.45, 7) is -4.04. The van der Waals surface area contributed by atoms with Crippen molar-refractivity contribution in [3.05, 3.63) is 35.9 Å². The molecule has 0 bridgehead atoms. The van der Waals surface area contributed by atoms with E-state index in [0.29, 0.717) is 10.9 Å². The van der Waals surface area contributed by atoms with Crippen LogP contribution < -0.4 is 4.89 Å². The molecule has 0 radical (unpaired) electrons. The van der Waals surface area contributed by atoms with Gasteiger partial charge < -0.3 is 9.79 Å². The SMILES string of the molecule is O=P([O-])(O)OOP(O)(O)=[S+]Cc1ccccc1. The lowest BCUT2D eigenvalue weighted by atomic mass is 10.2. The largest absolute Gasteiger partial charge is 0.755 e. The molecule has 0 saturated carbocycles. The molecule has 3 N–H and O–H groups in total. The highest BCUT2D eigenvalue weighted by Crippen LogP contribution is 2.46. The third kappa shape index (κ3) is 7.00. The lowest BCUT2D eigenvalue weighted by Crippen LogP contribution is -2.03. The first-order valence-corrected chi connectivity index (χ1v) is 8.93. The van der Waals surface area contributed by atoms with Crippen molar-refractivity contribution in [2.75, 3.05) is 0 Å². The van der Waals surface area contributed by atoms with Crippen LogP contribution in [0.5, 0.6) is 0 Å². The zero-order valence-corrected chi connectivity index (χ0v) is 11.0. The van der Waals surface area contributed by atoms with Crippen molar-refractivity contribution in [1.82, 2.24) is 0 Å². The van der Waals surface area contributed by atoms with E-state index in [1.807, 2.05) is 0 Å². The lowest BCUT2D eigenvalue weighted by molar-refractivity contribution is -0.268. The van der Waals surface area contributed by atoms with Gasteiger partial charge in [0.25, 0.3) is 7.82 Å². The predicted octanol–water partition coefficient (Wildman–Crippen LogP) is 0.340. The minimum Gasteiger partial charge on any atom is -0.755 e. The van der Waals surface area contributed by atoms with Crippen LogP contribution in [0.15, 0.2) is 30.3 Å². The summed E-state index contributed by atoms with van der Waals surface area (Å²) in [6, 6.07) is 8.83. The number of hydrogen-bond acceptors (Lipinski definition) is 4. The maximum atomic E-state index is 10.2. The Morgan fingerprint density at radius 3 is 2.29 bits per heavy atom. The number of hydrogen-bond donors (Lipinski definition) is 3. The van der Waals surface area contributed by atoms with Gasteiger partial charge in [-0.3, -0.25) is 14.4 Å². The van der Waals surface area contributed by atoms with E-state index in [-0.39, 0.29) is 5.75 Å². The van der Waals surface area contributed by atoms with Gasteiger partial charge in [0.15, 0.2) is 0 Å². The van der Waals surface area contributed by atoms with Gasteiger partial charge in [-0.25, -0.2) is 0 Å². The second-order valence-corrected chi connectivity index (χ2v) is 7.83. The normalized spacial score (nSPS) is 15.3. The van der Waals surface area contributed by atoms with Crippen LogP contribution in [0.25, 0.3) is 0 Å². The van der Waals surface area contributed by atoms with Crippen molar-refractivity contribution in [2.45, 2.75) is 5.75 Å². The van der Waals surface area contributed by atoms with Crippen LogP contribution in [0.4, 0.5) is 0 Å². The fraction of sp³-hybridized carbons (Fsp3) is 0.143. The maximum Gasteiger partial charge on any atom is 0.546 e. The first kappa shape index (κ1) is 14.9. The molecule has 1 unspecified atom stereocenters. The van der Waals surface area contributed by atoms with Crippen LogP contribution in [0, 0.1) is 0 Å². The minimum absolute atomic E-state index is 0.194. The maximum absolute atomic E-state index is 10.2. The standard InChI is InChI=1S/C7H10O7P2S/c8-15(9,10)13-14-16(11,12)17-6-7-4-2-1-3-5-7/h1-5H,6H2,(H3-,8,9,10,11,12). The van der Waals surface area contributed by atoms with Gasteiger partial charge in [0.2, 0.25) is 16.7 Å². The summed E-state index contributed by atoms with van der Waals surface area (Å²) in [5, 5.41) is 0. The fourth-order valence-electron chi connectivity index (χ4n) is 0.840. The van der Waals surface area contributed by atoms with Crippen molar-refractivity contribution in [2.24, 2.45) is 0 Å². The van der Waals surface area contributed by atoms with Gasteiger partial charge in [-0.15, -0.1) is 4.67 Å². The Morgan fingerprint density at radius 1 is 1.18 bits per heavy atom. The van der Waals surface area contributed by atoms with E-state index in [1.165, 1.54) is 0 Å². The molecule has 17 heavy (non-hydrogen) atoms. The molecule has 1 aromatic rings. The van der Waals surface area contributed by atoms with Gasteiger partial charge in [-0.1, -0.05) is 30.3 Å². The van der Waals surface area contributed by atoms with E-state index in [1.54, 1.807) is 30.3 Å². The smallest absolute Gasteiger partial charge is 0.546 e. The molecule has 1 rings (SSSR count). The minimum atomic E-state index is -5.14. The second kappa shape index (κ2) is 6.15. The van der Waals surface area contributed by atoms with Crippen LogP contribution in [-0.2, 0) is 30.6 Å². The highest BCUT2D eigenvalue weighted by molar-refractivity contribution is 8.16. The summed E-state index contributed by atoms with van der Waals surface area (Å²) in [4.78, 5) is 36.9. The summed E-state index contributed by atoms with van der Waals surface area (Å²) in [5.74, 6) is 0.194. The molecule has 0 aliphatic rings. The summed E-state index contributed by atoms with van der Waals surface area (Å²) in [6.07, 6.45) is 0. The lowest BCUT2D eigenvalue weighted by Gasteiger charge is -2.12.